The van der Waals surface area contributed by atoms with Gasteiger partial charge >= 0.3 is 0 Å². The molecule has 5 nitrogen and oxygen atoms in total. The lowest BCUT2D eigenvalue weighted by Crippen LogP contribution is -2.42. The van der Waals surface area contributed by atoms with Gasteiger partial charge in [-0.2, -0.15) is 0 Å². The second-order valence-electron chi connectivity index (χ2n) is 3.43. The summed E-state index contributed by atoms with van der Waals surface area (Å²) in [6.45, 7) is 4.36. The van der Waals surface area contributed by atoms with Crippen molar-refractivity contribution in [2.75, 3.05) is 25.6 Å². The topological polar surface area (TPSA) is 70.6 Å². The molecule has 2 N–H and O–H groups in total. The fraction of sp³-hybridized carbons (Fsp3) is 0.875. The van der Waals surface area contributed by atoms with E-state index in [-0.39, 0.29) is 35.8 Å². The first-order valence-electron chi connectivity index (χ1n) is 4.50. The highest BCUT2D eigenvalue weighted by Crippen LogP contribution is 1.81. The van der Waals surface area contributed by atoms with E-state index in [0.717, 1.165) is 0 Å². The molecule has 0 spiro atoms. The van der Waals surface area contributed by atoms with Gasteiger partial charge in [-0.1, -0.05) is 0 Å². The van der Waals surface area contributed by atoms with Crippen molar-refractivity contribution in [2.24, 2.45) is 4.99 Å². The fourth-order valence-corrected chi connectivity index (χ4v) is 1.30. The number of nitrogens with zero attached hydrogens (tertiary/aromatic N) is 1. The summed E-state index contributed by atoms with van der Waals surface area (Å²) in [6.07, 6.45) is 1.22. The Hall–Kier alpha value is -0.0500. The molecule has 0 aromatic rings. The molecule has 0 bridgehead atoms. The van der Waals surface area contributed by atoms with Crippen molar-refractivity contribution >= 4 is 39.8 Å². The summed E-state index contributed by atoms with van der Waals surface area (Å²) >= 11 is 0. The number of rotatable bonds is 4. The maximum absolute atomic E-state index is 10.8. The van der Waals surface area contributed by atoms with Crippen LogP contribution in [0.15, 0.2) is 4.99 Å². The standard InChI is InChI=1S/C8H19N3O2S.HI/c1-7(2)11-8(9-3)10-5-6-14(4,12)13;/h7H,5-6H2,1-4H3,(H2,9,10,11);1H. The summed E-state index contributed by atoms with van der Waals surface area (Å²) in [4.78, 5) is 3.95. The minimum absolute atomic E-state index is 0. The largest absolute Gasteiger partial charge is 0.355 e. The van der Waals surface area contributed by atoms with Gasteiger partial charge in [-0.25, -0.2) is 8.42 Å². The van der Waals surface area contributed by atoms with E-state index in [4.69, 9.17) is 0 Å². The van der Waals surface area contributed by atoms with E-state index in [9.17, 15) is 8.42 Å². The molecule has 0 atom stereocenters. The van der Waals surface area contributed by atoms with Gasteiger partial charge in [0.1, 0.15) is 9.84 Å². The van der Waals surface area contributed by atoms with Gasteiger partial charge in [-0.05, 0) is 13.8 Å². The molecule has 0 heterocycles. The highest BCUT2D eigenvalue weighted by atomic mass is 127. The van der Waals surface area contributed by atoms with E-state index in [1.807, 2.05) is 13.8 Å². The average Bonchev–Trinajstić information content (AvgIpc) is 1.99. The maximum atomic E-state index is 10.8. The Balaban J connectivity index is 0. The number of hydrogen-bond donors (Lipinski definition) is 2. The molecule has 0 radical (unpaired) electrons. The molecular weight excluding hydrogens is 329 g/mol. The van der Waals surface area contributed by atoms with Crippen LogP contribution in [0.3, 0.4) is 0 Å². The van der Waals surface area contributed by atoms with Crippen LogP contribution in [-0.2, 0) is 9.84 Å². The molecule has 0 amide bonds. The second-order valence-corrected chi connectivity index (χ2v) is 5.69. The smallest absolute Gasteiger partial charge is 0.191 e. The van der Waals surface area contributed by atoms with Crippen molar-refractivity contribution in [2.45, 2.75) is 19.9 Å². The monoisotopic (exact) mass is 349 g/mol. The molecule has 0 fully saturated rings. The number of aliphatic imine (C=N–C) groups is 1. The van der Waals surface area contributed by atoms with Crippen LogP contribution in [-0.4, -0.2) is 46.0 Å². The zero-order valence-corrected chi connectivity index (χ0v) is 12.7. The Morgan fingerprint density at radius 3 is 2.27 bits per heavy atom. The summed E-state index contributed by atoms with van der Waals surface area (Å²) in [5, 5.41) is 5.98. The van der Waals surface area contributed by atoms with Gasteiger partial charge in [0, 0.05) is 25.9 Å². The summed E-state index contributed by atoms with van der Waals surface area (Å²) in [5.74, 6) is 0.745. The van der Waals surface area contributed by atoms with E-state index in [1.165, 1.54) is 6.26 Å². The normalized spacial score (nSPS) is 12.2. The summed E-state index contributed by atoms with van der Waals surface area (Å²) in [6, 6.07) is 0.277. The molecule has 0 saturated heterocycles. The summed E-state index contributed by atoms with van der Waals surface area (Å²) < 4.78 is 21.6. The zero-order chi connectivity index (χ0) is 11.2. The SMILES string of the molecule is CN=C(NCCS(C)(=O)=O)NC(C)C.I. The molecule has 92 valence electrons. The van der Waals surface area contributed by atoms with Crippen molar-refractivity contribution in [3.63, 3.8) is 0 Å². The van der Waals surface area contributed by atoms with Gasteiger partial charge in [-0.3, -0.25) is 4.99 Å². The van der Waals surface area contributed by atoms with Crippen LogP contribution >= 0.6 is 24.0 Å². The molecule has 0 aromatic heterocycles. The van der Waals surface area contributed by atoms with E-state index < -0.39 is 9.84 Å². The third-order valence-electron chi connectivity index (χ3n) is 1.41. The minimum Gasteiger partial charge on any atom is -0.355 e. The zero-order valence-electron chi connectivity index (χ0n) is 9.57. The quantitative estimate of drug-likeness (QED) is 0.433. The Morgan fingerprint density at radius 2 is 1.93 bits per heavy atom. The molecule has 0 saturated carbocycles. The van der Waals surface area contributed by atoms with Crippen LogP contribution in [0.2, 0.25) is 0 Å². The number of nitrogens with one attached hydrogen (secondary N) is 2. The van der Waals surface area contributed by atoms with E-state index >= 15 is 0 Å². The Bertz CT molecular complexity index is 288. The molecule has 0 aliphatic rings. The number of guanidine groups is 1. The van der Waals surface area contributed by atoms with Crippen molar-refractivity contribution in [1.82, 2.24) is 10.6 Å². The molecule has 0 aliphatic carbocycles. The van der Waals surface area contributed by atoms with Crippen LogP contribution < -0.4 is 10.6 Å². The van der Waals surface area contributed by atoms with E-state index in [0.29, 0.717) is 12.5 Å². The molecule has 0 aliphatic heterocycles. The van der Waals surface area contributed by atoms with Crippen LogP contribution in [0.25, 0.3) is 0 Å². The van der Waals surface area contributed by atoms with Crippen LogP contribution in [0.5, 0.6) is 0 Å². The summed E-state index contributed by atoms with van der Waals surface area (Å²) in [5.41, 5.74) is 0. The van der Waals surface area contributed by atoms with Gasteiger partial charge in [0.15, 0.2) is 5.96 Å². The first-order valence-corrected chi connectivity index (χ1v) is 6.56. The number of sulfone groups is 1. The van der Waals surface area contributed by atoms with Crippen molar-refractivity contribution in [3.05, 3.63) is 0 Å². The van der Waals surface area contributed by atoms with Crippen molar-refractivity contribution in [1.29, 1.82) is 0 Å². The first kappa shape index (κ1) is 17.3. The number of halogens is 1. The Kier molecular flexibility index (Phi) is 9.42. The molecular formula is C8H20IN3O2S. The minimum atomic E-state index is -2.90. The third kappa shape index (κ3) is 11.9. The van der Waals surface area contributed by atoms with Crippen molar-refractivity contribution in [3.8, 4) is 0 Å². The predicted molar refractivity (Wildman–Crippen MR) is 74.8 cm³/mol. The molecule has 0 unspecified atom stereocenters. The maximum Gasteiger partial charge on any atom is 0.191 e. The Morgan fingerprint density at radius 1 is 1.40 bits per heavy atom. The second kappa shape index (κ2) is 8.14. The molecule has 7 heteroatoms. The van der Waals surface area contributed by atoms with Crippen molar-refractivity contribution < 1.29 is 8.42 Å². The van der Waals surface area contributed by atoms with Gasteiger partial charge in [0.05, 0.1) is 5.75 Å². The number of hydrogen-bond acceptors (Lipinski definition) is 3. The van der Waals surface area contributed by atoms with Crippen LogP contribution in [0, 0.1) is 0 Å². The van der Waals surface area contributed by atoms with Gasteiger partial charge in [0.2, 0.25) is 0 Å². The Labute approximate surface area is 109 Å². The summed E-state index contributed by atoms with van der Waals surface area (Å²) in [7, 11) is -1.25. The first-order chi connectivity index (χ1) is 6.35. The molecule has 0 aromatic carbocycles. The lowest BCUT2D eigenvalue weighted by Gasteiger charge is -2.13. The fourth-order valence-electron chi connectivity index (χ4n) is 0.823. The average molecular weight is 349 g/mol. The van der Waals surface area contributed by atoms with Gasteiger partial charge in [0.25, 0.3) is 0 Å². The predicted octanol–water partition coefficient (Wildman–Crippen LogP) is 0.222. The highest BCUT2D eigenvalue weighted by Gasteiger charge is 2.03. The van der Waals surface area contributed by atoms with E-state index in [1.54, 1.807) is 7.05 Å². The van der Waals surface area contributed by atoms with Crippen LogP contribution in [0.4, 0.5) is 0 Å². The lowest BCUT2D eigenvalue weighted by atomic mass is 10.4. The van der Waals surface area contributed by atoms with Crippen LogP contribution in [0.1, 0.15) is 13.8 Å². The molecule has 15 heavy (non-hydrogen) atoms. The third-order valence-corrected chi connectivity index (χ3v) is 2.36. The van der Waals surface area contributed by atoms with E-state index in [2.05, 4.69) is 15.6 Å². The lowest BCUT2D eigenvalue weighted by molar-refractivity contribution is 0.600. The van der Waals surface area contributed by atoms with Gasteiger partial charge in [-0.15, -0.1) is 24.0 Å². The highest BCUT2D eigenvalue weighted by molar-refractivity contribution is 14.0. The van der Waals surface area contributed by atoms with Gasteiger partial charge < -0.3 is 10.6 Å². The molecule has 0 rings (SSSR count).